The SMILES string of the molecule is c1ccc2c(c1)ccc[n+]2N=c1ccn2ccccc2c1. The second-order valence-electron chi connectivity index (χ2n) is 4.93. The lowest BCUT2D eigenvalue weighted by Crippen LogP contribution is -2.31. The summed E-state index contributed by atoms with van der Waals surface area (Å²) in [6, 6.07) is 22.6. The normalized spacial score (nSPS) is 12.1. The van der Waals surface area contributed by atoms with E-state index in [0.717, 1.165) is 16.4 Å². The van der Waals surface area contributed by atoms with Gasteiger partial charge in [0.15, 0.2) is 0 Å². The van der Waals surface area contributed by atoms with Crippen molar-refractivity contribution in [2.24, 2.45) is 5.10 Å². The number of hydrogen-bond acceptors (Lipinski definition) is 1. The molecule has 0 fully saturated rings. The molecule has 0 aliphatic heterocycles. The second-order valence-corrected chi connectivity index (χ2v) is 4.93. The third kappa shape index (κ3) is 2.19. The quantitative estimate of drug-likeness (QED) is 0.475. The Balaban J connectivity index is 1.95. The maximum absolute atomic E-state index is 4.72. The zero-order valence-corrected chi connectivity index (χ0v) is 11.4. The zero-order valence-electron chi connectivity index (χ0n) is 11.4. The minimum Gasteiger partial charge on any atom is -0.324 e. The van der Waals surface area contributed by atoms with E-state index in [0.29, 0.717) is 0 Å². The summed E-state index contributed by atoms with van der Waals surface area (Å²) >= 11 is 0. The highest BCUT2D eigenvalue weighted by Crippen LogP contribution is 2.07. The molecule has 4 rings (SSSR count). The Labute approximate surface area is 122 Å². The molecule has 3 aromatic heterocycles. The fraction of sp³-hybridized carbons (Fsp3) is 0. The molecule has 0 atom stereocenters. The van der Waals surface area contributed by atoms with Gasteiger partial charge in [-0.05, 0) is 36.4 Å². The molecule has 0 aliphatic rings. The van der Waals surface area contributed by atoms with Crippen molar-refractivity contribution >= 4 is 16.4 Å². The molecule has 0 N–H and O–H groups in total. The minimum absolute atomic E-state index is 0.933. The molecule has 1 aromatic carbocycles. The molecule has 4 aromatic rings. The van der Waals surface area contributed by atoms with Gasteiger partial charge in [-0.15, -0.1) is 0 Å². The number of benzene rings is 1. The average Bonchev–Trinajstić information content (AvgIpc) is 2.55. The summed E-state index contributed by atoms with van der Waals surface area (Å²) < 4.78 is 4.00. The van der Waals surface area contributed by atoms with Crippen LogP contribution in [0.2, 0.25) is 0 Å². The van der Waals surface area contributed by atoms with Gasteiger partial charge in [-0.2, -0.15) is 0 Å². The first-order chi connectivity index (χ1) is 10.4. The minimum atomic E-state index is 0.933. The van der Waals surface area contributed by atoms with Crippen LogP contribution in [0.25, 0.3) is 16.4 Å². The predicted molar refractivity (Wildman–Crippen MR) is 82.5 cm³/mol. The van der Waals surface area contributed by atoms with Gasteiger partial charge in [-0.3, -0.25) is 0 Å². The Hall–Kier alpha value is -2.94. The molecule has 0 spiro atoms. The third-order valence-corrected chi connectivity index (χ3v) is 3.53. The topological polar surface area (TPSA) is 20.6 Å². The largest absolute Gasteiger partial charge is 0.324 e. The number of nitrogens with zero attached hydrogens (tertiary/aromatic N) is 3. The monoisotopic (exact) mass is 272 g/mol. The predicted octanol–water partition coefficient (Wildman–Crippen LogP) is 2.74. The van der Waals surface area contributed by atoms with Crippen molar-refractivity contribution in [3.05, 3.63) is 90.7 Å². The van der Waals surface area contributed by atoms with Crippen LogP contribution in [-0.4, -0.2) is 4.40 Å². The number of rotatable bonds is 1. The first kappa shape index (κ1) is 11.9. The number of aromatic nitrogens is 2. The van der Waals surface area contributed by atoms with E-state index in [9.17, 15) is 0 Å². The summed E-state index contributed by atoms with van der Waals surface area (Å²) in [5, 5.41) is 6.84. The van der Waals surface area contributed by atoms with E-state index in [1.54, 1.807) is 0 Å². The number of fused-ring (bicyclic) bond motifs is 2. The van der Waals surface area contributed by atoms with E-state index in [1.165, 1.54) is 5.39 Å². The van der Waals surface area contributed by atoms with Gasteiger partial charge >= 0.3 is 0 Å². The van der Waals surface area contributed by atoms with Crippen LogP contribution in [0.15, 0.2) is 90.4 Å². The van der Waals surface area contributed by atoms with Crippen LogP contribution in [0.1, 0.15) is 0 Å². The van der Waals surface area contributed by atoms with Crippen molar-refractivity contribution in [1.82, 2.24) is 4.40 Å². The van der Waals surface area contributed by atoms with Gasteiger partial charge in [-0.25, -0.2) is 0 Å². The highest BCUT2D eigenvalue weighted by atomic mass is 15.3. The molecular weight excluding hydrogens is 258 g/mol. The van der Waals surface area contributed by atoms with Gasteiger partial charge in [0.2, 0.25) is 11.7 Å². The number of hydrogen-bond donors (Lipinski definition) is 0. The molecule has 0 aliphatic carbocycles. The van der Waals surface area contributed by atoms with Crippen LogP contribution in [0, 0.1) is 0 Å². The molecule has 0 saturated heterocycles. The van der Waals surface area contributed by atoms with Gasteiger partial charge in [0.05, 0.1) is 0 Å². The van der Waals surface area contributed by atoms with E-state index in [4.69, 9.17) is 5.10 Å². The Morgan fingerprint density at radius 1 is 0.810 bits per heavy atom. The number of para-hydroxylation sites is 1. The molecule has 0 bridgehead atoms. The fourth-order valence-electron chi connectivity index (χ4n) is 2.50. The van der Waals surface area contributed by atoms with Crippen molar-refractivity contribution in [3.8, 4) is 0 Å². The average molecular weight is 272 g/mol. The Morgan fingerprint density at radius 2 is 1.67 bits per heavy atom. The summed E-state index contributed by atoms with van der Waals surface area (Å²) in [6.45, 7) is 0. The van der Waals surface area contributed by atoms with Crippen molar-refractivity contribution in [3.63, 3.8) is 0 Å². The van der Waals surface area contributed by atoms with Crippen LogP contribution >= 0.6 is 0 Å². The van der Waals surface area contributed by atoms with Crippen molar-refractivity contribution in [2.45, 2.75) is 0 Å². The van der Waals surface area contributed by atoms with Crippen LogP contribution in [0.3, 0.4) is 0 Å². The van der Waals surface area contributed by atoms with Gasteiger partial charge in [0.25, 0.3) is 0 Å². The van der Waals surface area contributed by atoms with E-state index in [1.807, 2.05) is 59.7 Å². The molecule has 3 nitrogen and oxygen atoms in total. The summed E-state index contributed by atoms with van der Waals surface area (Å²) in [7, 11) is 0. The lowest BCUT2D eigenvalue weighted by Gasteiger charge is -1.98. The lowest BCUT2D eigenvalue weighted by molar-refractivity contribution is -0.656. The summed E-state index contributed by atoms with van der Waals surface area (Å²) in [4.78, 5) is 0. The molecule has 3 heteroatoms. The second kappa shape index (κ2) is 4.87. The highest BCUT2D eigenvalue weighted by Gasteiger charge is 2.05. The lowest BCUT2D eigenvalue weighted by atomic mass is 10.2. The van der Waals surface area contributed by atoms with Gasteiger partial charge in [0.1, 0.15) is 5.36 Å². The molecule has 0 saturated carbocycles. The van der Waals surface area contributed by atoms with Crippen LogP contribution < -0.4 is 10.0 Å². The summed E-state index contributed by atoms with van der Waals surface area (Å²) in [5.74, 6) is 0. The van der Waals surface area contributed by atoms with E-state index in [-0.39, 0.29) is 0 Å². The Bertz CT molecular complexity index is 994. The molecule has 3 heterocycles. The van der Waals surface area contributed by atoms with Crippen molar-refractivity contribution in [1.29, 1.82) is 0 Å². The maximum Gasteiger partial charge on any atom is 0.245 e. The molecular formula is C18H14N3+. The first-order valence-electron chi connectivity index (χ1n) is 6.92. The zero-order chi connectivity index (χ0) is 14.1. The van der Waals surface area contributed by atoms with E-state index in [2.05, 4.69) is 34.7 Å². The highest BCUT2D eigenvalue weighted by molar-refractivity contribution is 5.74. The molecule has 0 amide bonds. The van der Waals surface area contributed by atoms with Gasteiger partial charge in [0, 0.05) is 40.5 Å². The molecule has 100 valence electrons. The summed E-state index contributed by atoms with van der Waals surface area (Å²) in [6.07, 6.45) is 6.04. The van der Waals surface area contributed by atoms with Crippen molar-refractivity contribution in [2.75, 3.05) is 0 Å². The van der Waals surface area contributed by atoms with Crippen molar-refractivity contribution < 1.29 is 4.68 Å². The smallest absolute Gasteiger partial charge is 0.245 e. The summed E-state index contributed by atoms with van der Waals surface area (Å²) in [5.41, 5.74) is 2.22. The van der Waals surface area contributed by atoms with Gasteiger partial charge < -0.3 is 4.40 Å². The Morgan fingerprint density at radius 3 is 2.67 bits per heavy atom. The molecule has 0 radical (unpaired) electrons. The van der Waals surface area contributed by atoms with Crippen LogP contribution in [0.4, 0.5) is 0 Å². The fourth-order valence-corrected chi connectivity index (χ4v) is 2.50. The van der Waals surface area contributed by atoms with Gasteiger partial charge in [-0.1, -0.05) is 22.9 Å². The standard InChI is InChI=1S/C18H14N3/c1-2-9-18-15(6-1)7-5-12-21(18)19-16-10-13-20-11-4-3-8-17(20)14-16/h1-14H/q+1. The van der Waals surface area contributed by atoms with Crippen LogP contribution in [0.5, 0.6) is 0 Å². The number of pyridine rings is 3. The maximum atomic E-state index is 4.72. The molecule has 0 unspecified atom stereocenters. The van der Waals surface area contributed by atoms with Crippen LogP contribution in [-0.2, 0) is 0 Å². The van der Waals surface area contributed by atoms with E-state index < -0.39 is 0 Å². The van der Waals surface area contributed by atoms with E-state index >= 15 is 0 Å². The third-order valence-electron chi connectivity index (χ3n) is 3.53. The Kier molecular flexibility index (Phi) is 2.75. The molecule has 21 heavy (non-hydrogen) atoms. The first-order valence-corrected chi connectivity index (χ1v) is 6.92.